The van der Waals surface area contributed by atoms with E-state index in [0.717, 1.165) is 29.0 Å². The Morgan fingerprint density at radius 2 is 1.94 bits per heavy atom. The van der Waals surface area contributed by atoms with Crippen molar-refractivity contribution in [2.24, 2.45) is 17.6 Å². The Morgan fingerprint density at radius 1 is 1.28 bits per heavy atom. The summed E-state index contributed by atoms with van der Waals surface area (Å²) >= 11 is 1.76. The van der Waals surface area contributed by atoms with Gasteiger partial charge in [0.15, 0.2) is 5.16 Å². The lowest BCUT2D eigenvalue weighted by Crippen LogP contribution is -2.39. The third-order valence-corrected chi connectivity index (χ3v) is 5.11. The van der Waals surface area contributed by atoms with E-state index in [0.29, 0.717) is 5.25 Å². The molecule has 1 aromatic rings. The molecule has 1 aliphatic carbocycles. The van der Waals surface area contributed by atoms with Crippen LogP contribution < -0.4 is 5.73 Å². The molecule has 1 aliphatic rings. The van der Waals surface area contributed by atoms with Gasteiger partial charge in [-0.2, -0.15) is 0 Å². The molecule has 0 amide bonds. The van der Waals surface area contributed by atoms with Gasteiger partial charge >= 0.3 is 0 Å². The van der Waals surface area contributed by atoms with Crippen molar-refractivity contribution in [3.63, 3.8) is 0 Å². The van der Waals surface area contributed by atoms with Crippen molar-refractivity contribution in [3.05, 3.63) is 18.0 Å². The third kappa shape index (κ3) is 3.45. The Balaban J connectivity index is 2.00. The minimum atomic E-state index is 0.287. The van der Waals surface area contributed by atoms with E-state index >= 15 is 0 Å². The van der Waals surface area contributed by atoms with Crippen LogP contribution in [0.25, 0.3) is 0 Å². The van der Waals surface area contributed by atoms with E-state index < -0.39 is 0 Å². The second-order valence-corrected chi connectivity index (χ2v) is 6.89. The van der Waals surface area contributed by atoms with Gasteiger partial charge in [-0.25, -0.2) is 9.97 Å². The van der Waals surface area contributed by atoms with Crippen LogP contribution in [0.5, 0.6) is 0 Å². The highest BCUT2D eigenvalue weighted by Crippen LogP contribution is 2.37. The maximum absolute atomic E-state index is 6.24. The molecule has 1 saturated carbocycles. The normalized spacial score (nSPS) is 28.6. The smallest absolute Gasteiger partial charge is 0.187 e. The first-order valence-corrected chi connectivity index (χ1v) is 7.65. The average Bonchev–Trinajstić information content (AvgIpc) is 2.34. The molecular weight excluding hydrogens is 242 g/mol. The zero-order valence-electron chi connectivity index (χ0n) is 11.5. The van der Waals surface area contributed by atoms with Crippen molar-refractivity contribution >= 4 is 11.8 Å². The lowest BCUT2D eigenvalue weighted by Gasteiger charge is -2.35. The van der Waals surface area contributed by atoms with Gasteiger partial charge in [-0.05, 0) is 43.6 Å². The summed E-state index contributed by atoms with van der Waals surface area (Å²) in [5.41, 5.74) is 7.35. The number of hydrogen-bond donors (Lipinski definition) is 1. The Labute approximate surface area is 114 Å². The molecule has 2 N–H and O–H groups in total. The molecule has 4 heteroatoms. The van der Waals surface area contributed by atoms with E-state index in [1.807, 2.05) is 19.3 Å². The zero-order valence-corrected chi connectivity index (χ0v) is 12.3. The minimum absolute atomic E-state index is 0.287. The summed E-state index contributed by atoms with van der Waals surface area (Å²) in [5.74, 6) is 1.55. The molecule has 3 unspecified atom stereocenters. The molecule has 0 bridgehead atoms. The predicted octanol–water partition coefficient (Wildman–Crippen LogP) is 3.03. The highest BCUT2D eigenvalue weighted by Gasteiger charge is 2.30. The van der Waals surface area contributed by atoms with Crippen LogP contribution in [0.15, 0.2) is 17.6 Å². The third-order valence-electron chi connectivity index (χ3n) is 3.84. The molecule has 3 nitrogen and oxygen atoms in total. The molecule has 18 heavy (non-hydrogen) atoms. The Bertz CT molecular complexity index is 377. The number of rotatable bonds is 3. The van der Waals surface area contributed by atoms with Gasteiger partial charge in [0.2, 0.25) is 0 Å². The summed E-state index contributed by atoms with van der Waals surface area (Å²) in [6.45, 7) is 6.63. The second kappa shape index (κ2) is 6.02. The van der Waals surface area contributed by atoms with Gasteiger partial charge in [0.1, 0.15) is 0 Å². The van der Waals surface area contributed by atoms with Crippen molar-refractivity contribution in [1.82, 2.24) is 9.97 Å². The highest BCUT2D eigenvalue weighted by atomic mass is 32.2. The molecule has 2 rings (SSSR count). The van der Waals surface area contributed by atoms with E-state index in [1.54, 1.807) is 11.8 Å². The van der Waals surface area contributed by atoms with Gasteiger partial charge in [0.25, 0.3) is 0 Å². The molecule has 0 aromatic carbocycles. The van der Waals surface area contributed by atoms with Crippen LogP contribution in [0.4, 0.5) is 0 Å². The van der Waals surface area contributed by atoms with Crippen LogP contribution in [-0.2, 0) is 0 Å². The lowest BCUT2D eigenvalue weighted by atomic mass is 9.79. The van der Waals surface area contributed by atoms with Crippen molar-refractivity contribution in [1.29, 1.82) is 0 Å². The number of aromatic nitrogens is 2. The quantitative estimate of drug-likeness (QED) is 0.854. The molecule has 0 radical (unpaired) electrons. The van der Waals surface area contributed by atoms with Crippen molar-refractivity contribution < 1.29 is 0 Å². The Hall–Kier alpha value is -0.610. The molecule has 100 valence electrons. The SMILES string of the molecule is Cc1cnc(SC2CC(C(C)C)CCC2N)nc1. The first-order chi connectivity index (χ1) is 8.56. The number of nitrogens with two attached hydrogens (primary N) is 1. The predicted molar refractivity (Wildman–Crippen MR) is 76.6 cm³/mol. The fourth-order valence-electron chi connectivity index (χ4n) is 2.50. The summed E-state index contributed by atoms with van der Waals surface area (Å²) in [6.07, 6.45) is 7.35. The first-order valence-electron chi connectivity index (χ1n) is 6.77. The average molecular weight is 265 g/mol. The molecule has 1 fully saturated rings. The monoisotopic (exact) mass is 265 g/mol. The van der Waals surface area contributed by atoms with E-state index in [1.165, 1.54) is 12.8 Å². The maximum Gasteiger partial charge on any atom is 0.187 e. The van der Waals surface area contributed by atoms with Gasteiger partial charge in [-0.15, -0.1) is 0 Å². The van der Waals surface area contributed by atoms with E-state index in [-0.39, 0.29) is 6.04 Å². The maximum atomic E-state index is 6.24. The molecule has 0 aliphatic heterocycles. The molecular formula is C14H23N3S. The van der Waals surface area contributed by atoms with Crippen LogP contribution >= 0.6 is 11.8 Å². The van der Waals surface area contributed by atoms with E-state index in [9.17, 15) is 0 Å². The summed E-state index contributed by atoms with van der Waals surface area (Å²) in [5, 5.41) is 1.33. The summed E-state index contributed by atoms with van der Waals surface area (Å²) < 4.78 is 0. The van der Waals surface area contributed by atoms with Gasteiger partial charge in [0, 0.05) is 23.7 Å². The number of hydrogen-bond acceptors (Lipinski definition) is 4. The van der Waals surface area contributed by atoms with Gasteiger partial charge in [-0.3, -0.25) is 0 Å². The lowest BCUT2D eigenvalue weighted by molar-refractivity contribution is 0.266. The number of nitrogens with zero attached hydrogens (tertiary/aromatic N) is 2. The van der Waals surface area contributed by atoms with Crippen molar-refractivity contribution in [3.8, 4) is 0 Å². The topological polar surface area (TPSA) is 51.8 Å². The first kappa shape index (κ1) is 13.8. The van der Waals surface area contributed by atoms with Crippen molar-refractivity contribution in [2.75, 3.05) is 0 Å². The zero-order chi connectivity index (χ0) is 13.1. The van der Waals surface area contributed by atoms with E-state index in [4.69, 9.17) is 5.73 Å². The summed E-state index contributed by atoms with van der Waals surface area (Å²) in [6, 6.07) is 0.287. The minimum Gasteiger partial charge on any atom is -0.327 e. The molecule has 1 heterocycles. The second-order valence-electron chi connectivity index (χ2n) is 5.68. The van der Waals surface area contributed by atoms with Gasteiger partial charge < -0.3 is 5.73 Å². The van der Waals surface area contributed by atoms with Crippen LogP contribution in [0.2, 0.25) is 0 Å². The van der Waals surface area contributed by atoms with Crippen LogP contribution in [0.1, 0.15) is 38.7 Å². The van der Waals surface area contributed by atoms with E-state index in [2.05, 4.69) is 23.8 Å². The van der Waals surface area contributed by atoms with Crippen LogP contribution in [-0.4, -0.2) is 21.3 Å². The molecule has 0 spiro atoms. The Morgan fingerprint density at radius 3 is 2.56 bits per heavy atom. The van der Waals surface area contributed by atoms with Crippen molar-refractivity contribution in [2.45, 2.75) is 56.5 Å². The number of aryl methyl sites for hydroxylation is 1. The molecule has 0 saturated heterocycles. The highest BCUT2D eigenvalue weighted by molar-refractivity contribution is 7.99. The summed E-state index contributed by atoms with van der Waals surface area (Å²) in [4.78, 5) is 8.75. The Kier molecular flexibility index (Phi) is 4.62. The number of thioether (sulfide) groups is 1. The standard InChI is InChI=1S/C14H23N3S/c1-9(2)11-4-5-12(15)13(6-11)18-14-16-7-10(3)8-17-14/h7-9,11-13H,4-6,15H2,1-3H3. The fraction of sp³-hybridized carbons (Fsp3) is 0.714. The fourth-order valence-corrected chi connectivity index (χ4v) is 3.65. The largest absolute Gasteiger partial charge is 0.327 e. The molecule has 1 aromatic heterocycles. The van der Waals surface area contributed by atoms with Gasteiger partial charge in [-0.1, -0.05) is 25.6 Å². The van der Waals surface area contributed by atoms with Crippen LogP contribution in [0, 0.1) is 18.8 Å². The molecule has 3 atom stereocenters. The summed E-state index contributed by atoms with van der Waals surface area (Å²) in [7, 11) is 0. The van der Waals surface area contributed by atoms with Gasteiger partial charge in [0.05, 0.1) is 0 Å². The van der Waals surface area contributed by atoms with Crippen LogP contribution in [0.3, 0.4) is 0 Å².